The first-order valence-corrected chi connectivity index (χ1v) is 13.3. The van der Waals surface area contributed by atoms with Gasteiger partial charge in [0, 0.05) is 31.2 Å². The summed E-state index contributed by atoms with van der Waals surface area (Å²) in [5, 5.41) is 25.0. The van der Waals surface area contributed by atoms with E-state index >= 15 is 0 Å². The van der Waals surface area contributed by atoms with Crippen LogP contribution in [0.5, 0.6) is 0 Å². The summed E-state index contributed by atoms with van der Waals surface area (Å²) in [6.07, 6.45) is -3.79. The molecule has 1 fully saturated rings. The molecule has 2 amide bonds. The van der Waals surface area contributed by atoms with Gasteiger partial charge in [0.05, 0.1) is 18.5 Å². The van der Waals surface area contributed by atoms with E-state index in [1.54, 1.807) is 24.3 Å². The third-order valence-corrected chi connectivity index (χ3v) is 8.25. The van der Waals surface area contributed by atoms with Crippen molar-refractivity contribution in [3.63, 3.8) is 0 Å². The number of aliphatic hydroxyl groups is 1. The summed E-state index contributed by atoms with van der Waals surface area (Å²) in [6.45, 7) is 4.18. The molecule has 4 rings (SSSR count). The average Bonchev–Trinajstić information content (AvgIpc) is 3.22. The summed E-state index contributed by atoms with van der Waals surface area (Å²) in [5.41, 5.74) is -2.55. The van der Waals surface area contributed by atoms with E-state index in [1.807, 2.05) is 13.8 Å². The van der Waals surface area contributed by atoms with Crippen LogP contribution in [0, 0.1) is 5.41 Å². The van der Waals surface area contributed by atoms with Gasteiger partial charge in [0.1, 0.15) is 0 Å². The van der Waals surface area contributed by atoms with Crippen LogP contribution in [0.4, 0.5) is 13.2 Å². The Morgan fingerprint density at radius 3 is 2.52 bits per heavy atom. The first-order chi connectivity index (χ1) is 18.9. The number of nitrogens with one attached hydrogen (secondary N) is 3. The molecular formula is C29H35F3N4O4. The van der Waals surface area contributed by atoms with E-state index in [2.05, 4.69) is 10.6 Å². The number of benzene rings is 2. The number of halogens is 3. The molecule has 1 aliphatic carbocycles. The normalized spacial score (nSPS) is 23.0. The van der Waals surface area contributed by atoms with Gasteiger partial charge in [0.25, 0.3) is 5.91 Å². The maximum atomic E-state index is 14.0. The molecule has 1 heterocycles. The quantitative estimate of drug-likeness (QED) is 0.363. The lowest BCUT2D eigenvalue weighted by Crippen LogP contribution is -2.62. The van der Waals surface area contributed by atoms with Crippen molar-refractivity contribution in [2.24, 2.45) is 0 Å². The minimum absolute atomic E-state index is 0.0475. The van der Waals surface area contributed by atoms with Crippen molar-refractivity contribution in [1.29, 1.82) is 5.41 Å². The number of hydrogen-bond acceptors (Lipinski definition) is 5. The summed E-state index contributed by atoms with van der Waals surface area (Å²) in [6, 6.07) is 10.0. The van der Waals surface area contributed by atoms with E-state index in [4.69, 9.17) is 10.1 Å². The first-order valence-electron chi connectivity index (χ1n) is 13.3. The van der Waals surface area contributed by atoms with Gasteiger partial charge < -0.3 is 20.5 Å². The zero-order valence-electron chi connectivity index (χ0n) is 22.8. The molecule has 216 valence electrons. The second kappa shape index (κ2) is 11.2. The Labute approximate surface area is 231 Å². The van der Waals surface area contributed by atoms with Gasteiger partial charge in [-0.2, -0.15) is 13.2 Å². The molecule has 1 aliphatic heterocycles. The predicted octanol–water partition coefficient (Wildman–Crippen LogP) is 4.40. The number of amides is 2. The number of nitrogens with zero attached hydrogens (tertiary/aromatic N) is 1. The zero-order valence-corrected chi connectivity index (χ0v) is 22.8. The summed E-state index contributed by atoms with van der Waals surface area (Å²) >= 11 is 0. The molecule has 0 radical (unpaired) electrons. The molecular weight excluding hydrogens is 525 g/mol. The second-order valence-corrected chi connectivity index (χ2v) is 10.5. The minimum atomic E-state index is -4.98. The predicted molar refractivity (Wildman–Crippen MR) is 143 cm³/mol. The Morgan fingerprint density at radius 2 is 1.90 bits per heavy atom. The van der Waals surface area contributed by atoms with Gasteiger partial charge in [-0.25, -0.2) is 0 Å². The van der Waals surface area contributed by atoms with E-state index in [-0.39, 0.29) is 36.0 Å². The fourth-order valence-corrected chi connectivity index (χ4v) is 5.72. The Bertz CT molecular complexity index is 1260. The lowest BCUT2D eigenvalue weighted by atomic mass is 9.86. The number of fused-ring (bicyclic) bond motifs is 1. The van der Waals surface area contributed by atoms with E-state index < -0.39 is 41.7 Å². The Kier molecular flexibility index (Phi) is 8.28. The first kappa shape index (κ1) is 29.5. The van der Waals surface area contributed by atoms with E-state index in [9.17, 15) is 27.9 Å². The van der Waals surface area contributed by atoms with Crippen molar-refractivity contribution in [2.45, 2.75) is 75.4 Å². The largest absolute Gasteiger partial charge is 0.419 e. The third-order valence-electron chi connectivity index (χ3n) is 8.25. The summed E-state index contributed by atoms with van der Waals surface area (Å²) in [5.74, 6) is -1.08. The van der Waals surface area contributed by atoms with Crippen molar-refractivity contribution in [3.05, 3.63) is 70.8 Å². The molecule has 1 saturated heterocycles. The van der Waals surface area contributed by atoms with Crippen LogP contribution >= 0.6 is 0 Å². The standard InChI is InChI=1S/C29H35F3N4O4/c1-4-27(5-2)17-23(37)36(26(33)35-27)22(13-14-40-3)18-10-8-11-19(15-18)25(38)34-24-21-12-7-6-9-20(21)16-28(24,39)29(30,31)32/h6-12,15,22,24,39H,4-5,13-14,16-17H2,1-3H3,(H2,33,35)(H,34,38)/t22-,24-,28?/m1/s1. The van der Waals surface area contributed by atoms with Gasteiger partial charge in [-0.3, -0.25) is 19.9 Å². The maximum Gasteiger partial charge on any atom is 0.419 e. The highest BCUT2D eigenvalue weighted by Gasteiger charge is 2.62. The highest BCUT2D eigenvalue weighted by Crippen LogP contribution is 2.48. The number of methoxy groups -OCH3 is 1. The number of ether oxygens (including phenoxy) is 1. The fourth-order valence-electron chi connectivity index (χ4n) is 5.72. The molecule has 0 spiro atoms. The van der Waals surface area contributed by atoms with Crippen molar-refractivity contribution in [3.8, 4) is 0 Å². The molecule has 3 atom stereocenters. The van der Waals surface area contributed by atoms with Crippen molar-refractivity contribution < 1.29 is 32.6 Å². The van der Waals surface area contributed by atoms with Gasteiger partial charge in [0.2, 0.25) is 5.91 Å². The molecule has 2 aliphatic rings. The van der Waals surface area contributed by atoms with Gasteiger partial charge >= 0.3 is 6.18 Å². The molecule has 0 aromatic heterocycles. The monoisotopic (exact) mass is 560 g/mol. The highest BCUT2D eigenvalue weighted by molar-refractivity contribution is 6.00. The summed E-state index contributed by atoms with van der Waals surface area (Å²) in [7, 11) is 1.52. The van der Waals surface area contributed by atoms with Gasteiger partial charge in [-0.1, -0.05) is 50.2 Å². The van der Waals surface area contributed by atoms with Gasteiger partial charge in [0.15, 0.2) is 11.6 Å². The van der Waals surface area contributed by atoms with Crippen LogP contribution < -0.4 is 10.6 Å². The fraction of sp³-hybridized carbons (Fsp3) is 0.483. The van der Waals surface area contributed by atoms with Crippen molar-refractivity contribution in [1.82, 2.24) is 15.5 Å². The lowest BCUT2D eigenvalue weighted by molar-refractivity contribution is -0.266. The average molecular weight is 561 g/mol. The molecule has 1 unspecified atom stereocenters. The number of hydrogen-bond donors (Lipinski definition) is 4. The van der Waals surface area contributed by atoms with Gasteiger partial charge in [-0.15, -0.1) is 0 Å². The number of carbonyl (C=O) groups is 2. The van der Waals surface area contributed by atoms with Crippen LogP contribution in [0.3, 0.4) is 0 Å². The minimum Gasteiger partial charge on any atom is -0.385 e. The Hall–Kier alpha value is -3.44. The molecule has 2 aromatic rings. The smallest absolute Gasteiger partial charge is 0.385 e. The summed E-state index contributed by atoms with van der Waals surface area (Å²) in [4.78, 5) is 28.0. The molecule has 0 bridgehead atoms. The van der Waals surface area contributed by atoms with Crippen LogP contribution in [0.15, 0.2) is 48.5 Å². The van der Waals surface area contributed by atoms with Crippen molar-refractivity contribution >= 4 is 17.8 Å². The summed E-state index contributed by atoms with van der Waals surface area (Å²) < 4.78 is 47.3. The van der Waals surface area contributed by atoms with Crippen LogP contribution in [0.25, 0.3) is 0 Å². The molecule has 2 aromatic carbocycles. The van der Waals surface area contributed by atoms with E-state index in [0.717, 1.165) is 0 Å². The third kappa shape index (κ3) is 5.32. The number of guanidine groups is 1. The van der Waals surface area contributed by atoms with Crippen LogP contribution in [0.1, 0.15) is 78.7 Å². The van der Waals surface area contributed by atoms with E-state index in [0.29, 0.717) is 30.4 Å². The van der Waals surface area contributed by atoms with E-state index in [1.165, 1.54) is 36.3 Å². The molecule has 4 N–H and O–H groups in total. The van der Waals surface area contributed by atoms with Crippen LogP contribution in [-0.4, -0.2) is 58.8 Å². The topological polar surface area (TPSA) is 115 Å². The lowest BCUT2D eigenvalue weighted by Gasteiger charge is -2.45. The number of alkyl halides is 3. The van der Waals surface area contributed by atoms with Gasteiger partial charge in [-0.05, 0) is 48.1 Å². The molecule has 11 heteroatoms. The highest BCUT2D eigenvalue weighted by atomic mass is 19.4. The molecule has 8 nitrogen and oxygen atoms in total. The molecule has 0 saturated carbocycles. The van der Waals surface area contributed by atoms with Crippen LogP contribution in [-0.2, 0) is 16.0 Å². The van der Waals surface area contributed by atoms with Crippen molar-refractivity contribution in [2.75, 3.05) is 13.7 Å². The Balaban J connectivity index is 1.64. The maximum absolute atomic E-state index is 14.0. The zero-order chi connectivity index (χ0) is 29.3. The molecule has 40 heavy (non-hydrogen) atoms. The Morgan fingerprint density at radius 1 is 1.20 bits per heavy atom. The second-order valence-electron chi connectivity index (χ2n) is 10.5. The number of rotatable bonds is 9. The SMILES string of the molecule is CCC1(CC)CC(=O)N([C@H](CCOC)c2cccc(C(=O)N[C@@H]3c4ccccc4CC3(O)C(F)(F)F)c2)C(=N)N1. The number of carbonyl (C=O) groups excluding carboxylic acids is 2. The van der Waals surface area contributed by atoms with Crippen LogP contribution in [0.2, 0.25) is 0 Å².